The minimum atomic E-state index is -1.08. The highest BCUT2D eigenvalue weighted by molar-refractivity contribution is 5.84. The highest BCUT2D eigenvalue weighted by Crippen LogP contribution is 2.50. The third-order valence-corrected chi connectivity index (χ3v) is 5.66. The first kappa shape index (κ1) is 23.9. The van der Waals surface area contributed by atoms with Crippen molar-refractivity contribution in [1.29, 1.82) is 0 Å². The lowest BCUT2D eigenvalue weighted by atomic mass is 9.95. The molecule has 1 amide bonds. The van der Waals surface area contributed by atoms with Gasteiger partial charge in [0.05, 0.1) is 33.1 Å². The highest BCUT2D eigenvalue weighted by Gasteiger charge is 2.29. The molecule has 0 unspecified atom stereocenters. The van der Waals surface area contributed by atoms with Gasteiger partial charge in [-0.25, -0.2) is 0 Å². The van der Waals surface area contributed by atoms with Gasteiger partial charge in [0.25, 0.3) is 0 Å². The Morgan fingerprint density at radius 3 is 2.36 bits per heavy atom. The number of benzene rings is 1. The summed E-state index contributed by atoms with van der Waals surface area (Å²) in [7, 11) is 4.58. The largest absolute Gasteiger partial charge is 0.493 e. The molecule has 2 atom stereocenters. The van der Waals surface area contributed by atoms with Crippen LogP contribution in [0.15, 0.2) is 29.1 Å². The van der Waals surface area contributed by atoms with Crippen LogP contribution in [-0.2, 0) is 16.0 Å². The number of fused-ring (bicyclic) bond motifs is 3. The molecule has 2 aromatic carbocycles. The molecule has 9 heteroatoms. The van der Waals surface area contributed by atoms with E-state index in [1.807, 2.05) is 6.07 Å². The summed E-state index contributed by atoms with van der Waals surface area (Å²) in [4.78, 5) is 36.3. The minimum absolute atomic E-state index is 0.139. The van der Waals surface area contributed by atoms with Gasteiger partial charge in [0, 0.05) is 12.5 Å². The van der Waals surface area contributed by atoms with Crippen LogP contribution in [0.2, 0.25) is 0 Å². The SMILES string of the molecule is COc1cc2c(c(OC)c1OC)-c1ccc(N[C@@H](C)C(=O)O)c(=O)cc1[C@H](NC(C)=O)CC2. The fraction of sp³-hybridized carbons (Fsp3) is 0.375. The molecule has 0 bridgehead atoms. The molecule has 0 radical (unpaired) electrons. The second-order valence-corrected chi connectivity index (χ2v) is 7.80. The molecule has 33 heavy (non-hydrogen) atoms. The molecule has 0 saturated carbocycles. The zero-order valence-corrected chi connectivity index (χ0v) is 19.3. The van der Waals surface area contributed by atoms with Gasteiger partial charge in [-0.3, -0.25) is 14.4 Å². The van der Waals surface area contributed by atoms with E-state index in [-0.39, 0.29) is 17.0 Å². The zero-order valence-electron chi connectivity index (χ0n) is 19.3. The van der Waals surface area contributed by atoms with Crippen molar-refractivity contribution in [3.8, 4) is 28.4 Å². The molecule has 0 aromatic heterocycles. The number of hydrogen-bond donors (Lipinski definition) is 3. The summed E-state index contributed by atoms with van der Waals surface area (Å²) in [5.41, 5.74) is 2.67. The van der Waals surface area contributed by atoms with Crippen LogP contribution in [-0.4, -0.2) is 44.4 Å². The number of carbonyl (C=O) groups excluding carboxylic acids is 1. The van der Waals surface area contributed by atoms with E-state index in [4.69, 9.17) is 14.2 Å². The fourth-order valence-electron chi connectivity index (χ4n) is 4.12. The van der Waals surface area contributed by atoms with Gasteiger partial charge in [-0.05, 0) is 54.7 Å². The number of aryl methyl sites for hydroxylation is 1. The van der Waals surface area contributed by atoms with E-state index in [0.717, 1.165) is 11.1 Å². The van der Waals surface area contributed by atoms with Crippen molar-refractivity contribution in [2.75, 3.05) is 26.6 Å². The molecule has 1 aliphatic carbocycles. The summed E-state index contributed by atoms with van der Waals surface area (Å²) in [5.74, 6) is 0.0615. The van der Waals surface area contributed by atoms with E-state index in [9.17, 15) is 19.5 Å². The number of nitrogens with one attached hydrogen (secondary N) is 2. The molecule has 176 valence electrons. The van der Waals surface area contributed by atoms with E-state index in [1.54, 1.807) is 19.2 Å². The van der Waals surface area contributed by atoms with Gasteiger partial charge in [0.2, 0.25) is 17.1 Å². The van der Waals surface area contributed by atoms with Crippen molar-refractivity contribution in [2.24, 2.45) is 0 Å². The first-order valence-electron chi connectivity index (χ1n) is 10.5. The monoisotopic (exact) mass is 456 g/mol. The second-order valence-electron chi connectivity index (χ2n) is 7.80. The number of carboxylic acid groups (broad SMARTS) is 1. The smallest absolute Gasteiger partial charge is 0.325 e. The maximum atomic E-state index is 13.0. The highest BCUT2D eigenvalue weighted by atomic mass is 16.5. The van der Waals surface area contributed by atoms with Crippen LogP contribution in [0, 0.1) is 0 Å². The molecular weight excluding hydrogens is 428 g/mol. The van der Waals surface area contributed by atoms with E-state index in [1.165, 1.54) is 34.1 Å². The number of rotatable bonds is 7. The number of anilines is 1. The molecule has 0 heterocycles. The number of ether oxygens (including phenoxy) is 3. The Balaban J connectivity index is 2.35. The van der Waals surface area contributed by atoms with Crippen molar-refractivity contribution in [2.45, 2.75) is 38.8 Å². The quantitative estimate of drug-likeness (QED) is 0.581. The van der Waals surface area contributed by atoms with Crippen LogP contribution in [0.5, 0.6) is 17.2 Å². The summed E-state index contributed by atoms with van der Waals surface area (Å²) < 4.78 is 16.8. The molecule has 2 aromatic rings. The van der Waals surface area contributed by atoms with Crippen LogP contribution in [0.3, 0.4) is 0 Å². The van der Waals surface area contributed by atoms with Gasteiger partial charge in [0.15, 0.2) is 11.5 Å². The Morgan fingerprint density at radius 1 is 1.09 bits per heavy atom. The van der Waals surface area contributed by atoms with E-state index in [0.29, 0.717) is 41.2 Å². The summed E-state index contributed by atoms with van der Waals surface area (Å²) in [6, 6.07) is 5.21. The summed E-state index contributed by atoms with van der Waals surface area (Å²) in [6.07, 6.45) is 1.13. The van der Waals surface area contributed by atoms with Crippen LogP contribution in [0.4, 0.5) is 5.69 Å². The Morgan fingerprint density at radius 2 is 1.79 bits per heavy atom. The maximum Gasteiger partial charge on any atom is 0.325 e. The topological polar surface area (TPSA) is 123 Å². The molecule has 0 saturated heterocycles. The lowest BCUT2D eigenvalue weighted by Crippen LogP contribution is -2.28. The Kier molecular flexibility index (Phi) is 7.10. The molecule has 3 rings (SSSR count). The fourth-order valence-corrected chi connectivity index (χ4v) is 4.12. The molecule has 0 fully saturated rings. The molecule has 3 N–H and O–H groups in total. The molecule has 1 aliphatic rings. The van der Waals surface area contributed by atoms with Gasteiger partial charge >= 0.3 is 5.97 Å². The van der Waals surface area contributed by atoms with Crippen molar-refractivity contribution in [1.82, 2.24) is 5.32 Å². The van der Waals surface area contributed by atoms with Crippen molar-refractivity contribution >= 4 is 17.6 Å². The number of carbonyl (C=O) groups is 2. The lowest BCUT2D eigenvalue weighted by Gasteiger charge is -2.19. The predicted octanol–water partition coefficient (Wildman–Crippen LogP) is 2.75. The van der Waals surface area contributed by atoms with Crippen molar-refractivity contribution in [3.63, 3.8) is 0 Å². The van der Waals surface area contributed by atoms with Crippen LogP contribution < -0.4 is 30.3 Å². The third kappa shape index (κ3) is 4.72. The van der Waals surface area contributed by atoms with Crippen molar-refractivity contribution < 1.29 is 28.9 Å². The second kappa shape index (κ2) is 9.81. The zero-order chi connectivity index (χ0) is 24.3. The first-order valence-corrected chi connectivity index (χ1v) is 10.5. The Hall–Kier alpha value is -3.75. The normalized spacial score (nSPS) is 15.2. The number of amides is 1. The average molecular weight is 456 g/mol. The number of aliphatic carboxylic acids is 1. The van der Waals surface area contributed by atoms with Crippen LogP contribution >= 0.6 is 0 Å². The average Bonchev–Trinajstić information content (AvgIpc) is 3.01. The Labute approximate surface area is 191 Å². The standard InChI is InChI=1S/C24H28N2O7/c1-12(24(29)30)25-18-9-7-15-16(11-19(18)28)17(26-13(2)27)8-6-14-10-20(31-3)22(32-4)23(33-5)21(14)15/h7,9-12,17H,6,8H2,1-5H3,(H,25,28)(H,26,27)(H,29,30)/t12-,17+/m0/s1. The van der Waals surface area contributed by atoms with Gasteiger partial charge in [-0.2, -0.15) is 0 Å². The number of hydrogen-bond acceptors (Lipinski definition) is 7. The van der Waals surface area contributed by atoms with Crippen LogP contribution in [0.1, 0.15) is 37.4 Å². The molecule has 0 aliphatic heterocycles. The maximum absolute atomic E-state index is 13.0. The van der Waals surface area contributed by atoms with E-state index >= 15 is 0 Å². The predicted molar refractivity (Wildman–Crippen MR) is 123 cm³/mol. The Bertz CT molecular complexity index is 1150. The van der Waals surface area contributed by atoms with Gasteiger partial charge in [-0.15, -0.1) is 0 Å². The van der Waals surface area contributed by atoms with Gasteiger partial charge < -0.3 is 30.0 Å². The van der Waals surface area contributed by atoms with Gasteiger partial charge in [0.1, 0.15) is 6.04 Å². The molecule has 0 spiro atoms. The summed E-state index contributed by atoms with van der Waals surface area (Å²) in [6.45, 7) is 2.88. The minimum Gasteiger partial charge on any atom is -0.493 e. The number of carboxylic acids is 1. The summed E-state index contributed by atoms with van der Waals surface area (Å²) in [5, 5.41) is 14.9. The van der Waals surface area contributed by atoms with Gasteiger partial charge in [-0.1, -0.05) is 6.07 Å². The van der Waals surface area contributed by atoms with Crippen molar-refractivity contribution in [3.05, 3.63) is 45.6 Å². The number of methoxy groups -OCH3 is 3. The molecule has 9 nitrogen and oxygen atoms in total. The van der Waals surface area contributed by atoms with E-state index < -0.39 is 18.1 Å². The third-order valence-electron chi connectivity index (χ3n) is 5.66. The molecular formula is C24H28N2O7. The first-order chi connectivity index (χ1) is 15.7. The van der Waals surface area contributed by atoms with E-state index in [2.05, 4.69) is 10.6 Å². The lowest BCUT2D eigenvalue weighted by molar-refractivity contribution is -0.137. The summed E-state index contributed by atoms with van der Waals surface area (Å²) >= 11 is 0. The van der Waals surface area contributed by atoms with Crippen LogP contribution in [0.25, 0.3) is 11.1 Å².